The van der Waals surface area contributed by atoms with Gasteiger partial charge in [0.05, 0.1) is 16.7 Å². The predicted octanol–water partition coefficient (Wildman–Crippen LogP) is 8.47. The molecule has 5 aromatic rings. The second kappa shape index (κ2) is 11.2. The van der Waals surface area contributed by atoms with Crippen molar-refractivity contribution in [2.75, 3.05) is 0 Å². The Morgan fingerprint density at radius 2 is 1.74 bits per heavy atom. The molecule has 188 valence electrons. The summed E-state index contributed by atoms with van der Waals surface area (Å²) in [6.45, 7) is 5.62. The molecule has 1 heterocycles. The molecule has 0 unspecified atom stereocenters. The highest BCUT2D eigenvalue weighted by Crippen LogP contribution is 2.42. The number of aromatic amines is 1. The van der Waals surface area contributed by atoms with Crippen LogP contribution in [-0.4, -0.2) is 16.2 Å². The number of hydrogen-bond acceptors (Lipinski definition) is 4. The van der Waals surface area contributed by atoms with E-state index in [0.29, 0.717) is 22.9 Å². The number of nitrogens with one attached hydrogen (secondary N) is 1. The molecule has 4 aromatic carbocycles. The number of nitrogens with zero attached hydrogens (tertiary/aromatic N) is 1. The number of carbonyl (C=O) groups excluding carboxylic acids is 1. The van der Waals surface area contributed by atoms with E-state index in [9.17, 15) is 4.79 Å². The Bertz CT molecular complexity index is 1650. The van der Waals surface area contributed by atoms with E-state index in [1.54, 1.807) is 12.3 Å². The SMILES string of the molecule is C=CC(=O)Oc1ccccc1/C(=C(\CC)c1ccc(Oc2ccccc2)cc1Cl)c1ccc2[nH]ncc2c1. The first-order chi connectivity index (χ1) is 18.6. The number of H-pyrrole nitrogens is 1. The summed E-state index contributed by atoms with van der Waals surface area (Å²) in [5, 5.41) is 8.69. The molecule has 1 aromatic heterocycles. The van der Waals surface area contributed by atoms with Gasteiger partial charge >= 0.3 is 5.97 Å². The number of hydrogen-bond donors (Lipinski definition) is 1. The van der Waals surface area contributed by atoms with Gasteiger partial charge in [0.2, 0.25) is 0 Å². The van der Waals surface area contributed by atoms with Crippen LogP contribution in [0.2, 0.25) is 5.02 Å². The fourth-order valence-electron chi connectivity index (χ4n) is 4.43. The Hall–Kier alpha value is -4.61. The number of fused-ring (bicyclic) bond motifs is 1. The third-order valence-electron chi connectivity index (χ3n) is 6.16. The highest BCUT2D eigenvalue weighted by atomic mass is 35.5. The Kier molecular flexibility index (Phi) is 7.38. The topological polar surface area (TPSA) is 64.2 Å². The van der Waals surface area contributed by atoms with E-state index in [1.807, 2.05) is 78.9 Å². The van der Waals surface area contributed by atoms with E-state index in [1.165, 1.54) is 0 Å². The zero-order valence-electron chi connectivity index (χ0n) is 20.8. The zero-order valence-corrected chi connectivity index (χ0v) is 21.5. The van der Waals surface area contributed by atoms with Gasteiger partial charge in [0.15, 0.2) is 0 Å². The maximum Gasteiger partial charge on any atom is 0.335 e. The molecular formula is C32H25ClN2O3. The summed E-state index contributed by atoms with van der Waals surface area (Å²) in [5.41, 5.74) is 5.40. The molecule has 0 spiro atoms. The van der Waals surface area contributed by atoms with Crippen molar-refractivity contribution in [1.29, 1.82) is 0 Å². The largest absolute Gasteiger partial charge is 0.457 e. The van der Waals surface area contributed by atoms with Crippen molar-refractivity contribution in [1.82, 2.24) is 10.2 Å². The molecule has 0 bridgehead atoms. The van der Waals surface area contributed by atoms with Crippen molar-refractivity contribution < 1.29 is 14.3 Å². The standard InChI is InChI=1S/C32H25ClN2O3/c1-3-25(26-16-15-24(19-28(26)33)37-23-10-6-5-7-11-23)32(21-14-17-29-22(18-21)20-34-35-29)27-12-8-9-13-30(27)38-31(36)4-2/h4-20H,2-3H2,1H3,(H,34,35)/b32-25+. The lowest BCUT2D eigenvalue weighted by Crippen LogP contribution is -2.06. The molecule has 0 amide bonds. The number of esters is 1. The number of rotatable bonds is 8. The monoisotopic (exact) mass is 520 g/mol. The lowest BCUT2D eigenvalue weighted by Gasteiger charge is -2.20. The van der Waals surface area contributed by atoms with Gasteiger partial charge in [0.1, 0.15) is 17.2 Å². The van der Waals surface area contributed by atoms with Crippen molar-refractivity contribution in [2.24, 2.45) is 0 Å². The second-order valence-electron chi connectivity index (χ2n) is 8.56. The minimum Gasteiger partial charge on any atom is -0.457 e. The number of aromatic nitrogens is 2. The number of ether oxygens (including phenoxy) is 2. The van der Waals surface area contributed by atoms with Gasteiger partial charge in [0.25, 0.3) is 0 Å². The molecule has 1 N–H and O–H groups in total. The molecule has 0 radical (unpaired) electrons. The molecule has 0 aliphatic heterocycles. The van der Waals surface area contributed by atoms with Crippen molar-refractivity contribution in [3.8, 4) is 17.2 Å². The summed E-state index contributed by atoms with van der Waals surface area (Å²) < 4.78 is 11.6. The van der Waals surface area contributed by atoms with E-state index in [0.717, 1.165) is 50.6 Å². The van der Waals surface area contributed by atoms with Crippen LogP contribution in [0.1, 0.15) is 30.0 Å². The van der Waals surface area contributed by atoms with Gasteiger partial charge in [-0.15, -0.1) is 0 Å². The molecule has 6 heteroatoms. The minimum absolute atomic E-state index is 0.436. The lowest BCUT2D eigenvalue weighted by atomic mass is 9.87. The van der Waals surface area contributed by atoms with Crippen LogP contribution in [0, 0.1) is 0 Å². The summed E-state index contributed by atoms with van der Waals surface area (Å²) in [6.07, 6.45) is 3.61. The fourth-order valence-corrected chi connectivity index (χ4v) is 4.72. The van der Waals surface area contributed by atoms with Crippen LogP contribution in [0.5, 0.6) is 17.2 Å². The summed E-state index contributed by atoms with van der Waals surface area (Å²) >= 11 is 6.88. The van der Waals surface area contributed by atoms with Crippen molar-refractivity contribution in [3.63, 3.8) is 0 Å². The van der Waals surface area contributed by atoms with Crippen LogP contribution in [0.15, 0.2) is 110 Å². The highest BCUT2D eigenvalue weighted by molar-refractivity contribution is 6.33. The first-order valence-electron chi connectivity index (χ1n) is 12.2. The molecule has 0 saturated carbocycles. The molecule has 0 aliphatic carbocycles. The molecule has 0 fully saturated rings. The average Bonchev–Trinajstić information content (AvgIpc) is 3.41. The van der Waals surface area contributed by atoms with Crippen molar-refractivity contribution in [3.05, 3.63) is 132 Å². The third kappa shape index (κ3) is 5.24. The quantitative estimate of drug-likeness (QED) is 0.0964. The third-order valence-corrected chi connectivity index (χ3v) is 6.48. The number of carbonyl (C=O) groups is 1. The molecule has 0 aliphatic rings. The summed E-state index contributed by atoms with van der Waals surface area (Å²) in [6, 6.07) is 28.8. The average molecular weight is 521 g/mol. The van der Waals surface area contributed by atoms with Crippen molar-refractivity contribution >= 4 is 39.6 Å². The van der Waals surface area contributed by atoms with Gasteiger partial charge < -0.3 is 9.47 Å². The molecule has 0 saturated heterocycles. The van der Waals surface area contributed by atoms with Crippen LogP contribution in [-0.2, 0) is 4.79 Å². The molecule has 0 atom stereocenters. The Morgan fingerprint density at radius 1 is 0.947 bits per heavy atom. The molecule has 5 nitrogen and oxygen atoms in total. The van der Waals surface area contributed by atoms with E-state index < -0.39 is 5.97 Å². The first-order valence-corrected chi connectivity index (χ1v) is 12.6. The highest BCUT2D eigenvalue weighted by Gasteiger charge is 2.20. The summed E-state index contributed by atoms with van der Waals surface area (Å²) in [7, 11) is 0. The maximum absolute atomic E-state index is 12.2. The summed E-state index contributed by atoms with van der Waals surface area (Å²) in [4.78, 5) is 12.2. The second-order valence-corrected chi connectivity index (χ2v) is 8.96. The normalized spacial score (nSPS) is 11.6. The van der Waals surface area contributed by atoms with Crippen LogP contribution in [0.4, 0.5) is 0 Å². The van der Waals surface area contributed by atoms with E-state index in [2.05, 4.69) is 29.8 Å². The number of halogens is 1. The first kappa shape index (κ1) is 25.1. The van der Waals surface area contributed by atoms with Crippen molar-refractivity contribution in [2.45, 2.75) is 13.3 Å². The molecule has 5 rings (SSSR count). The maximum atomic E-state index is 12.2. The van der Waals surface area contributed by atoms with Gasteiger partial charge in [0, 0.05) is 23.1 Å². The van der Waals surface area contributed by atoms with Crippen LogP contribution in [0.25, 0.3) is 22.0 Å². The van der Waals surface area contributed by atoms with E-state index in [4.69, 9.17) is 21.1 Å². The smallest absolute Gasteiger partial charge is 0.335 e. The Balaban J connectivity index is 1.69. The number of para-hydroxylation sites is 2. The van der Waals surface area contributed by atoms with Crippen LogP contribution < -0.4 is 9.47 Å². The van der Waals surface area contributed by atoms with Gasteiger partial charge in [-0.05, 0) is 71.2 Å². The molecule has 38 heavy (non-hydrogen) atoms. The molecular weight excluding hydrogens is 496 g/mol. The number of benzene rings is 4. The number of allylic oxidation sites excluding steroid dienone is 1. The fraction of sp³-hybridized carbons (Fsp3) is 0.0625. The summed E-state index contributed by atoms with van der Waals surface area (Å²) in [5.74, 6) is 1.28. The van der Waals surface area contributed by atoms with Crippen LogP contribution in [0.3, 0.4) is 0 Å². The zero-order chi connectivity index (χ0) is 26.5. The lowest BCUT2D eigenvalue weighted by molar-refractivity contribution is -0.128. The van der Waals surface area contributed by atoms with Crippen LogP contribution >= 0.6 is 11.6 Å². The van der Waals surface area contributed by atoms with Gasteiger partial charge in [-0.1, -0.05) is 67.6 Å². The van der Waals surface area contributed by atoms with E-state index >= 15 is 0 Å². The Morgan fingerprint density at radius 3 is 2.50 bits per heavy atom. The van der Waals surface area contributed by atoms with Gasteiger partial charge in [-0.25, -0.2) is 4.79 Å². The minimum atomic E-state index is -0.527. The predicted molar refractivity (Wildman–Crippen MR) is 153 cm³/mol. The Labute approximate surface area is 226 Å². The van der Waals surface area contributed by atoms with E-state index in [-0.39, 0.29) is 0 Å². The van der Waals surface area contributed by atoms with Gasteiger partial charge in [-0.3, -0.25) is 5.10 Å². The van der Waals surface area contributed by atoms with Gasteiger partial charge in [-0.2, -0.15) is 5.10 Å².